The van der Waals surface area contributed by atoms with E-state index in [2.05, 4.69) is 19.9 Å². The van der Waals surface area contributed by atoms with E-state index >= 15 is 0 Å². The number of piperazine rings is 1. The maximum absolute atomic E-state index is 13.2. The number of hydrogen-bond acceptors (Lipinski definition) is 6. The summed E-state index contributed by atoms with van der Waals surface area (Å²) in [6.07, 6.45) is 3.41. The molecule has 1 N–H and O–H groups in total. The average molecular weight is 477 g/mol. The zero-order chi connectivity index (χ0) is 23.7. The summed E-state index contributed by atoms with van der Waals surface area (Å²) < 4.78 is 1.47. The zero-order valence-corrected chi connectivity index (χ0v) is 18.9. The Morgan fingerprint density at radius 3 is 2.50 bits per heavy atom. The van der Waals surface area contributed by atoms with Crippen LogP contribution in [0.3, 0.4) is 0 Å². The number of halogens is 1. The number of aromatic nitrogens is 4. The van der Waals surface area contributed by atoms with Crippen molar-refractivity contribution < 1.29 is 4.79 Å². The predicted octanol–water partition coefficient (Wildman–Crippen LogP) is 2.14. The van der Waals surface area contributed by atoms with Gasteiger partial charge < -0.3 is 9.80 Å². The lowest BCUT2D eigenvalue weighted by Crippen LogP contribution is -2.49. The summed E-state index contributed by atoms with van der Waals surface area (Å²) in [5, 5.41) is 0.745. The molecule has 172 valence electrons. The van der Waals surface area contributed by atoms with E-state index in [1.807, 2.05) is 11.0 Å². The maximum Gasteiger partial charge on any atom is 0.329 e. The lowest BCUT2D eigenvalue weighted by molar-refractivity contribution is 0.0746. The molecule has 1 amide bonds. The Bertz CT molecular complexity index is 1480. The first kappa shape index (κ1) is 21.8. The number of rotatable bonds is 4. The van der Waals surface area contributed by atoms with E-state index in [1.165, 1.54) is 10.6 Å². The highest BCUT2D eigenvalue weighted by molar-refractivity contribution is 6.31. The van der Waals surface area contributed by atoms with Crippen molar-refractivity contribution in [2.24, 2.45) is 0 Å². The number of H-pyrrole nitrogens is 1. The monoisotopic (exact) mass is 476 g/mol. The summed E-state index contributed by atoms with van der Waals surface area (Å²) in [7, 11) is 0. The van der Waals surface area contributed by atoms with E-state index in [9.17, 15) is 14.4 Å². The molecule has 34 heavy (non-hydrogen) atoms. The van der Waals surface area contributed by atoms with Gasteiger partial charge in [0.15, 0.2) is 0 Å². The fourth-order valence-corrected chi connectivity index (χ4v) is 4.33. The number of nitrogens with zero attached hydrogens (tertiary/aromatic N) is 5. The van der Waals surface area contributed by atoms with Gasteiger partial charge in [-0.2, -0.15) is 0 Å². The summed E-state index contributed by atoms with van der Waals surface area (Å²) >= 11 is 6.02. The van der Waals surface area contributed by atoms with Crippen molar-refractivity contribution in [3.05, 3.63) is 97.9 Å². The van der Waals surface area contributed by atoms with Gasteiger partial charge in [0.05, 0.1) is 17.4 Å². The first-order chi connectivity index (χ1) is 16.5. The van der Waals surface area contributed by atoms with E-state index in [0.29, 0.717) is 53.6 Å². The van der Waals surface area contributed by atoms with Gasteiger partial charge in [0, 0.05) is 49.2 Å². The number of fused-ring (bicyclic) bond motifs is 1. The molecule has 0 atom stereocenters. The molecule has 0 aliphatic carbocycles. The fourth-order valence-electron chi connectivity index (χ4n) is 4.16. The third kappa shape index (κ3) is 4.29. The summed E-state index contributed by atoms with van der Waals surface area (Å²) in [5.41, 5.74) is 0.798. The number of anilines is 1. The minimum atomic E-state index is -0.518. The SMILES string of the molecule is O=C(c1cccc(Cn2c(=O)[nH]c(=O)c3cc(Cl)ccc32)c1)N1CCN(c2ncccn2)CC1. The first-order valence-electron chi connectivity index (χ1n) is 10.8. The summed E-state index contributed by atoms with van der Waals surface area (Å²) in [5.74, 6) is 0.595. The predicted molar refractivity (Wildman–Crippen MR) is 130 cm³/mol. The molecular formula is C24H21ClN6O3. The van der Waals surface area contributed by atoms with Crippen molar-refractivity contribution in [1.29, 1.82) is 0 Å². The highest BCUT2D eigenvalue weighted by Crippen LogP contribution is 2.18. The van der Waals surface area contributed by atoms with Crippen LogP contribution >= 0.6 is 11.6 Å². The molecule has 0 spiro atoms. The largest absolute Gasteiger partial charge is 0.337 e. The molecule has 9 nitrogen and oxygen atoms in total. The van der Waals surface area contributed by atoms with Crippen molar-refractivity contribution in [1.82, 2.24) is 24.4 Å². The molecule has 1 aliphatic heterocycles. The van der Waals surface area contributed by atoms with Crippen molar-refractivity contribution >= 4 is 34.4 Å². The highest BCUT2D eigenvalue weighted by Gasteiger charge is 2.23. The topological polar surface area (TPSA) is 104 Å². The number of aromatic amines is 1. The van der Waals surface area contributed by atoms with Crippen molar-refractivity contribution in [2.75, 3.05) is 31.1 Å². The van der Waals surface area contributed by atoms with Gasteiger partial charge in [-0.15, -0.1) is 0 Å². The van der Waals surface area contributed by atoms with E-state index in [1.54, 1.807) is 48.8 Å². The molecule has 1 fully saturated rings. The van der Waals surface area contributed by atoms with Gasteiger partial charge in [0.1, 0.15) is 0 Å². The molecule has 4 aromatic rings. The number of benzene rings is 2. The molecule has 0 unspecified atom stereocenters. The number of carbonyl (C=O) groups excluding carboxylic acids is 1. The van der Waals surface area contributed by atoms with Crippen LogP contribution in [-0.2, 0) is 6.54 Å². The van der Waals surface area contributed by atoms with Crippen LogP contribution in [0, 0.1) is 0 Å². The van der Waals surface area contributed by atoms with Crippen LogP contribution in [0.2, 0.25) is 5.02 Å². The second kappa shape index (κ2) is 9.11. The van der Waals surface area contributed by atoms with Crippen LogP contribution in [0.4, 0.5) is 5.95 Å². The number of nitrogens with one attached hydrogen (secondary N) is 1. The molecule has 0 bridgehead atoms. The highest BCUT2D eigenvalue weighted by atomic mass is 35.5. The summed E-state index contributed by atoms with van der Waals surface area (Å²) in [6, 6.07) is 13.8. The van der Waals surface area contributed by atoms with Gasteiger partial charge in [0.2, 0.25) is 5.95 Å². The Kier molecular flexibility index (Phi) is 5.85. The minimum absolute atomic E-state index is 0.0686. The van der Waals surface area contributed by atoms with Crippen LogP contribution in [0.5, 0.6) is 0 Å². The zero-order valence-electron chi connectivity index (χ0n) is 18.1. The van der Waals surface area contributed by atoms with Gasteiger partial charge >= 0.3 is 5.69 Å². The van der Waals surface area contributed by atoms with Gasteiger partial charge in [-0.05, 0) is 42.0 Å². The lowest BCUT2D eigenvalue weighted by atomic mass is 10.1. The number of amides is 1. The molecule has 0 saturated carbocycles. The van der Waals surface area contributed by atoms with Gasteiger partial charge in [-0.1, -0.05) is 23.7 Å². The van der Waals surface area contributed by atoms with Gasteiger partial charge in [-0.25, -0.2) is 14.8 Å². The molecule has 2 aromatic carbocycles. The summed E-state index contributed by atoms with van der Waals surface area (Å²) in [4.78, 5) is 52.6. The Labute approximate surface area is 199 Å². The smallest absolute Gasteiger partial charge is 0.329 e. The van der Waals surface area contributed by atoms with Crippen molar-refractivity contribution in [3.8, 4) is 0 Å². The van der Waals surface area contributed by atoms with Gasteiger partial charge in [-0.3, -0.25) is 19.1 Å². The Balaban J connectivity index is 1.35. The molecular weight excluding hydrogens is 456 g/mol. The fraction of sp³-hybridized carbons (Fsp3) is 0.208. The molecule has 1 aliphatic rings. The average Bonchev–Trinajstić information content (AvgIpc) is 2.87. The molecule has 3 heterocycles. The van der Waals surface area contributed by atoms with Crippen LogP contribution in [0.25, 0.3) is 10.9 Å². The molecule has 1 saturated heterocycles. The van der Waals surface area contributed by atoms with Crippen LogP contribution in [0.15, 0.2) is 70.5 Å². The lowest BCUT2D eigenvalue weighted by Gasteiger charge is -2.34. The van der Waals surface area contributed by atoms with Crippen LogP contribution in [-0.4, -0.2) is 56.5 Å². The first-order valence-corrected chi connectivity index (χ1v) is 11.2. The second-order valence-corrected chi connectivity index (χ2v) is 8.47. The molecule has 5 rings (SSSR count). The van der Waals surface area contributed by atoms with Crippen LogP contribution < -0.4 is 16.1 Å². The van der Waals surface area contributed by atoms with Crippen molar-refractivity contribution in [3.63, 3.8) is 0 Å². The Morgan fingerprint density at radius 1 is 0.971 bits per heavy atom. The maximum atomic E-state index is 13.2. The summed E-state index contributed by atoms with van der Waals surface area (Å²) in [6.45, 7) is 2.62. The van der Waals surface area contributed by atoms with E-state index < -0.39 is 11.2 Å². The number of hydrogen-bond donors (Lipinski definition) is 1. The molecule has 2 aromatic heterocycles. The third-order valence-corrected chi connectivity index (χ3v) is 6.11. The third-order valence-electron chi connectivity index (χ3n) is 5.88. The van der Waals surface area contributed by atoms with Gasteiger partial charge in [0.25, 0.3) is 11.5 Å². The Morgan fingerprint density at radius 2 is 1.74 bits per heavy atom. The molecule has 10 heteroatoms. The van der Waals surface area contributed by atoms with Crippen LogP contribution in [0.1, 0.15) is 15.9 Å². The Hall–Kier alpha value is -3.98. The van der Waals surface area contributed by atoms with E-state index in [4.69, 9.17) is 11.6 Å². The number of carbonyl (C=O) groups is 1. The minimum Gasteiger partial charge on any atom is -0.337 e. The quantitative estimate of drug-likeness (QED) is 0.484. The van der Waals surface area contributed by atoms with E-state index in [-0.39, 0.29) is 12.5 Å². The van der Waals surface area contributed by atoms with E-state index in [0.717, 1.165) is 5.56 Å². The molecule has 0 radical (unpaired) electrons. The standard InChI is InChI=1S/C24H21ClN6O3/c25-18-5-6-20-19(14-18)21(32)28-24(34)31(20)15-16-3-1-4-17(13-16)22(33)29-9-11-30(12-10-29)23-26-7-2-8-27-23/h1-8,13-14H,9-12,15H2,(H,28,32,34). The van der Waals surface area contributed by atoms with Crippen molar-refractivity contribution in [2.45, 2.75) is 6.54 Å². The second-order valence-electron chi connectivity index (χ2n) is 8.04. The normalized spacial score (nSPS) is 13.9.